The number of rotatable bonds is 2. The van der Waals surface area contributed by atoms with Crippen LogP contribution in [0, 0.1) is 0 Å². The van der Waals surface area contributed by atoms with Crippen LogP contribution in [0.4, 0.5) is 0 Å². The van der Waals surface area contributed by atoms with Crippen molar-refractivity contribution >= 4 is 96.5 Å². The molecule has 0 amide bonds. The SMILES string of the molecule is Brc1ccc2c3c(-c4ccccc4)c4c5cccc6c(Br)ccc(c4c(-c4ccccc4)c3c3cccc1c32)c65. The molecule has 0 saturated heterocycles. The molecule has 0 atom stereocenters. The molecule has 0 aliphatic carbocycles. The van der Waals surface area contributed by atoms with E-state index in [1.54, 1.807) is 0 Å². The van der Waals surface area contributed by atoms with Crippen LogP contribution in [0.25, 0.3) is 86.9 Å². The molecular weight excluding hydrogens is 616 g/mol. The lowest BCUT2D eigenvalue weighted by atomic mass is 9.87. The Bertz CT molecular complexity index is 2190. The largest absolute Gasteiger partial charge is 0.0622 e. The minimum Gasteiger partial charge on any atom is -0.0622 e. The summed E-state index contributed by atoms with van der Waals surface area (Å²) in [7, 11) is 0. The van der Waals surface area contributed by atoms with Crippen LogP contribution >= 0.6 is 31.9 Å². The molecule has 0 aliphatic heterocycles. The molecule has 0 nitrogen and oxygen atoms in total. The normalized spacial score (nSPS) is 12.2. The summed E-state index contributed by atoms with van der Waals surface area (Å²) >= 11 is 7.72. The van der Waals surface area contributed by atoms with Crippen molar-refractivity contribution in [2.45, 2.75) is 0 Å². The monoisotopic (exact) mass is 634 g/mol. The highest BCUT2D eigenvalue weighted by molar-refractivity contribution is 9.11. The maximum Gasteiger partial charge on any atom is 0.0254 e. The molecule has 0 fully saturated rings. The van der Waals surface area contributed by atoms with Crippen LogP contribution in [0.15, 0.2) is 130 Å². The van der Waals surface area contributed by atoms with Crippen molar-refractivity contribution < 1.29 is 0 Å². The van der Waals surface area contributed by atoms with Gasteiger partial charge in [0.1, 0.15) is 0 Å². The van der Waals surface area contributed by atoms with Gasteiger partial charge in [0.15, 0.2) is 0 Å². The summed E-state index contributed by atoms with van der Waals surface area (Å²) in [5.41, 5.74) is 5.15. The zero-order chi connectivity index (χ0) is 26.5. The topological polar surface area (TPSA) is 0 Å². The molecule has 0 heterocycles. The summed E-state index contributed by atoms with van der Waals surface area (Å²) in [6, 6.07) is 44.6. The van der Waals surface area contributed by atoms with E-state index < -0.39 is 0 Å². The van der Waals surface area contributed by atoms with Crippen LogP contribution in [-0.4, -0.2) is 0 Å². The summed E-state index contributed by atoms with van der Waals surface area (Å²) < 4.78 is 2.27. The first kappa shape index (κ1) is 22.8. The summed E-state index contributed by atoms with van der Waals surface area (Å²) in [4.78, 5) is 0. The highest BCUT2D eigenvalue weighted by atomic mass is 79.9. The molecule has 0 aliphatic rings. The van der Waals surface area contributed by atoms with E-state index in [9.17, 15) is 0 Å². The second-order valence-corrected chi connectivity index (χ2v) is 12.3. The summed E-state index contributed by atoms with van der Waals surface area (Å²) in [6.07, 6.45) is 0. The van der Waals surface area contributed by atoms with Crippen LogP contribution < -0.4 is 0 Å². The number of hydrogen-bond donors (Lipinski definition) is 0. The van der Waals surface area contributed by atoms with Gasteiger partial charge in [0.05, 0.1) is 0 Å². The van der Waals surface area contributed by atoms with Gasteiger partial charge < -0.3 is 0 Å². The number of hydrogen-bond acceptors (Lipinski definition) is 0. The fourth-order valence-corrected chi connectivity index (χ4v) is 8.12. The van der Waals surface area contributed by atoms with Crippen LogP contribution in [-0.2, 0) is 0 Å². The van der Waals surface area contributed by atoms with Crippen LogP contribution in [0.3, 0.4) is 0 Å². The second kappa shape index (κ2) is 8.27. The molecule has 9 rings (SSSR count). The fourth-order valence-electron chi connectivity index (χ4n) is 7.19. The Balaban J connectivity index is 1.72. The first-order valence-electron chi connectivity index (χ1n) is 13.5. The third-order valence-corrected chi connectivity index (χ3v) is 10.1. The molecule has 186 valence electrons. The fraction of sp³-hybridized carbons (Fsp3) is 0. The minimum atomic E-state index is 1.14. The van der Waals surface area contributed by atoms with Gasteiger partial charge in [-0.15, -0.1) is 0 Å². The average molecular weight is 636 g/mol. The van der Waals surface area contributed by atoms with Crippen molar-refractivity contribution in [1.29, 1.82) is 0 Å². The van der Waals surface area contributed by atoms with Gasteiger partial charge in [0.25, 0.3) is 0 Å². The average Bonchev–Trinajstić information content (AvgIpc) is 3.51. The van der Waals surface area contributed by atoms with Crippen LogP contribution in [0.1, 0.15) is 0 Å². The highest BCUT2D eigenvalue weighted by Gasteiger charge is 2.27. The lowest BCUT2D eigenvalue weighted by molar-refractivity contribution is 1.68. The van der Waals surface area contributed by atoms with Gasteiger partial charge in [-0.1, -0.05) is 141 Å². The summed E-state index contributed by atoms with van der Waals surface area (Å²) in [6.45, 7) is 0. The lowest BCUT2D eigenvalue weighted by Gasteiger charge is -2.15. The highest BCUT2D eigenvalue weighted by Crippen LogP contribution is 2.56. The number of fused-ring (bicyclic) bond motifs is 6. The van der Waals surface area contributed by atoms with Gasteiger partial charge in [-0.05, 0) is 99.0 Å². The number of benzene rings is 7. The first-order valence-corrected chi connectivity index (χ1v) is 15.1. The molecule has 0 unspecified atom stereocenters. The maximum atomic E-state index is 3.86. The van der Waals surface area contributed by atoms with E-state index in [4.69, 9.17) is 0 Å². The van der Waals surface area contributed by atoms with Crippen molar-refractivity contribution in [3.8, 4) is 22.3 Å². The van der Waals surface area contributed by atoms with Crippen LogP contribution in [0.2, 0.25) is 0 Å². The summed E-state index contributed by atoms with van der Waals surface area (Å²) in [5.74, 6) is 0. The van der Waals surface area contributed by atoms with E-state index in [1.165, 1.54) is 86.9 Å². The molecule has 0 radical (unpaired) electrons. The predicted molar refractivity (Wildman–Crippen MR) is 180 cm³/mol. The van der Waals surface area contributed by atoms with E-state index in [1.807, 2.05) is 0 Å². The number of halogens is 2. The third-order valence-electron chi connectivity index (χ3n) is 8.68. The Hall–Kier alpha value is -3.98. The Morgan fingerprint density at radius 3 is 1.02 bits per heavy atom. The lowest BCUT2D eigenvalue weighted by Crippen LogP contribution is -1.87. The van der Waals surface area contributed by atoms with Gasteiger partial charge in [0.2, 0.25) is 0 Å². The standard InChI is InChI=1S/C38H20Br2/c39-29-19-17-27-34-24(29)14-8-16-26(34)36-32(22-11-5-2-6-12-22)38-28-18-20-30(40)23-13-7-15-25(33(23)28)35(38)31(37(27)36)21-9-3-1-4-10-21/h1-20H. The second-order valence-electron chi connectivity index (χ2n) is 10.6. The van der Waals surface area contributed by atoms with E-state index in [2.05, 4.69) is 153 Å². The Kier molecular flexibility index (Phi) is 4.71. The van der Waals surface area contributed by atoms with Crippen molar-refractivity contribution in [2.24, 2.45) is 0 Å². The molecule has 9 aromatic rings. The van der Waals surface area contributed by atoms with Gasteiger partial charge in [0, 0.05) is 8.95 Å². The Morgan fingerprint density at radius 1 is 0.275 bits per heavy atom. The maximum absolute atomic E-state index is 3.86. The van der Waals surface area contributed by atoms with Gasteiger partial charge in [-0.2, -0.15) is 0 Å². The van der Waals surface area contributed by atoms with Crippen molar-refractivity contribution in [1.82, 2.24) is 0 Å². The third kappa shape index (κ3) is 2.85. The Morgan fingerprint density at radius 2 is 0.625 bits per heavy atom. The van der Waals surface area contributed by atoms with Crippen molar-refractivity contribution in [3.05, 3.63) is 130 Å². The van der Waals surface area contributed by atoms with Crippen LogP contribution in [0.5, 0.6) is 0 Å². The quantitative estimate of drug-likeness (QED) is 0.177. The molecule has 0 N–H and O–H groups in total. The van der Waals surface area contributed by atoms with Crippen molar-refractivity contribution in [3.63, 3.8) is 0 Å². The summed E-state index contributed by atoms with van der Waals surface area (Å²) in [5, 5.41) is 15.8. The first-order chi connectivity index (χ1) is 19.7. The molecule has 0 saturated carbocycles. The predicted octanol–water partition coefficient (Wildman–Crippen LogP) is 12.3. The molecule has 9 aromatic carbocycles. The Labute approximate surface area is 247 Å². The zero-order valence-electron chi connectivity index (χ0n) is 21.3. The van der Waals surface area contributed by atoms with E-state index in [0.717, 1.165) is 8.95 Å². The smallest absolute Gasteiger partial charge is 0.0254 e. The molecule has 2 heteroatoms. The van der Waals surface area contributed by atoms with E-state index in [0.29, 0.717) is 0 Å². The molecule has 0 aromatic heterocycles. The molecule has 0 bridgehead atoms. The molecular formula is C38H20Br2. The molecule has 0 spiro atoms. The molecule has 40 heavy (non-hydrogen) atoms. The van der Waals surface area contributed by atoms with Gasteiger partial charge in [-0.3, -0.25) is 0 Å². The minimum absolute atomic E-state index is 1.14. The van der Waals surface area contributed by atoms with Gasteiger partial charge >= 0.3 is 0 Å². The zero-order valence-corrected chi connectivity index (χ0v) is 24.5. The van der Waals surface area contributed by atoms with Gasteiger partial charge in [-0.25, -0.2) is 0 Å². The van der Waals surface area contributed by atoms with E-state index >= 15 is 0 Å². The van der Waals surface area contributed by atoms with E-state index in [-0.39, 0.29) is 0 Å². The van der Waals surface area contributed by atoms with Crippen molar-refractivity contribution in [2.75, 3.05) is 0 Å².